The van der Waals surface area contributed by atoms with Crippen LogP contribution in [0.15, 0.2) is 12.1 Å². The van der Waals surface area contributed by atoms with E-state index < -0.39 is 0 Å². The van der Waals surface area contributed by atoms with Gasteiger partial charge in [-0.05, 0) is 31.7 Å². The van der Waals surface area contributed by atoms with E-state index in [-0.39, 0.29) is 0 Å². The van der Waals surface area contributed by atoms with Gasteiger partial charge in [0.15, 0.2) is 12.3 Å². The molecule has 0 N–H and O–H groups in total. The van der Waals surface area contributed by atoms with Gasteiger partial charge >= 0.3 is 0 Å². The molecule has 0 bridgehead atoms. The van der Waals surface area contributed by atoms with E-state index >= 15 is 0 Å². The van der Waals surface area contributed by atoms with Crippen molar-refractivity contribution in [3.05, 3.63) is 23.5 Å². The Balaban J connectivity index is 2.51. The van der Waals surface area contributed by atoms with Crippen molar-refractivity contribution in [2.24, 2.45) is 5.92 Å². The lowest BCUT2D eigenvalue weighted by Crippen LogP contribution is -2.14. The molecule has 1 atom stereocenters. The van der Waals surface area contributed by atoms with Crippen LogP contribution in [0.5, 0.6) is 0 Å². The number of aromatic nitrogens is 1. The highest BCUT2D eigenvalue weighted by atomic mass is 15.1. The molecule has 0 saturated heterocycles. The van der Waals surface area contributed by atoms with Crippen molar-refractivity contribution in [2.45, 2.75) is 59.4 Å². The van der Waals surface area contributed by atoms with Gasteiger partial charge in [-0.15, -0.1) is 0 Å². The fraction of sp³-hybridized carbons (Fsp3) is 0.625. The largest absolute Gasteiger partial charge is 0.250 e. The normalized spacial score (nSPS) is 18.7. The predicted octanol–water partition coefficient (Wildman–Crippen LogP) is 4.08. The number of hydrogen-bond acceptors (Lipinski definition) is 1. The highest BCUT2D eigenvalue weighted by Crippen LogP contribution is 2.36. The van der Waals surface area contributed by atoms with Crippen molar-refractivity contribution < 1.29 is 4.58 Å². The van der Waals surface area contributed by atoms with E-state index in [1.54, 1.807) is 0 Å². The van der Waals surface area contributed by atoms with Crippen LogP contribution in [-0.4, -0.2) is 21.8 Å². The highest BCUT2D eigenvalue weighted by Gasteiger charge is 2.35. The molecule has 0 saturated carbocycles. The number of nitrogens with zero attached hydrogens (tertiary/aromatic N) is 2. The van der Waals surface area contributed by atoms with Crippen molar-refractivity contribution in [2.75, 3.05) is 0 Å². The Hall–Kier alpha value is -1.18. The molecule has 2 heterocycles. The van der Waals surface area contributed by atoms with Gasteiger partial charge in [-0.25, -0.2) is 4.98 Å². The molecular weight excluding hydrogens is 220 g/mol. The fourth-order valence-corrected chi connectivity index (χ4v) is 2.53. The first kappa shape index (κ1) is 13.3. The minimum Gasteiger partial charge on any atom is -0.250 e. The van der Waals surface area contributed by atoms with Gasteiger partial charge in [-0.3, -0.25) is 0 Å². The summed E-state index contributed by atoms with van der Waals surface area (Å²) in [5.74, 6) is 1.56. The van der Waals surface area contributed by atoms with Crippen molar-refractivity contribution in [3.63, 3.8) is 0 Å². The molecule has 98 valence electrons. The van der Waals surface area contributed by atoms with Crippen LogP contribution in [-0.2, 0) is 0 Å². The second-order valence-corrected chi connectivity index (χ2v) is 6.22. The number of hydrogen-bond donors (Lipinski definition) is 0. The van der Waals surface area contributed by atoms with Crippen molar-refractivity contribution in [1.82, 2.24) is 4.98 Å². The Morgan fingerprint density at radius 2 is 1.72 bits per heavy atom. The third kappa shape index (κ3) is 2.21. The minimum atomic E-state index is 0.459. The maximum absolute atomic E-state index is 4.92. The standard InChI is InChI=1S/C16H25N2/c1-10(2)13-9-18(12(5)6)15-8-7-14(11(3)4)17-16(13)15/h7-13H,1-6H3/q+1. The zero-order valence-electron chi connectivity index (χ0n) is 12.4. The zero-order chi connectivity index (χ0) is 13.4. The Morgan fingerprint density at radius 3 is 2.22 bits per heavy atom. The van der Waals surface area contributed by atoms with Crippen LogP contribution in [0, 0.1) is 5.92 Å². The van der Waals surface area contributed by atoms with Gasteiger partial charge in [0.05, 0.1) is 5.92 Å². The van der Waals surface area contributed by atoms with E-state index in [0.717, 1.165) is 0 Å². The summed E-state index contributed by atoms with van der Waals surface area (Å²) in [6.07, 6.45) is 2.36. The summed E-state index contributed by atoms with van der Waals surface area (Å²) in [6, 6.07) is 4.92. The van der Waals surface area contributed by atoms with E-state index in [2.05, 4.69) is 64.5 Å². The first-order chi connectivity index (χ1) is 8.41. The van der Waals surface area contributed by atoms with Crippen LogP contribution >= 0.6 is 0 Å². The second-order valence-electron chi connectivity index (χ2n) is 6.22. The molecule has 1 aromatic heterocycles. The van der Waals surface area contributed by atoms with Gasteiger partial charge in [0, 0.05) is 11.8 Å². The van der Waals surface area contributed by atoms with Crippen LogP contribution in [0.25, 0.3) is 0 Å². The van der Waals surface area contributed by atoms with Crippen molar-refractivity contribution in [1.29, 1.82) is 0 Å². The lowest BCUT2D eigenvalue weighted by molar-refractivity contribution is -0.468. The molecule has 0 aliphatic carbocycles. The van der Waals surface area contributed by atoms with Crippen LogP contribution in [0.3, 0.4) is 0 Å². The molecule has 1 aliphatic rings. The number of fused-ring (bicyclic) bond motifs is 1. The molecule has 18 heavy (non-hydrogen) atoms. The maximum atomic E-state index is 4.92. The molecule has 0 fully saturated rings. The second kappa shape index (κ2) is 4.83. The van der Waals surface area contributed by atoms with Crippen LogP contribution < -0.4 is 0 Å². The topological polar surface area (TPSA) is 15.9 Å². The lowest BCUT2D eigenvalue weighted by atomic mass is 9.93. The van der Waals surface area contributed by atoms with Gasteiger partial charge in [-0.1, -0.05) is 27.7 Å². The van der Waals surface area contributed by atoms with E-state index in [1.165, 1.54) is 17.1 Å². The predicted molar refractivity (Wildman–Crippen MR) is 77.0 cm³/mol. The molecule has 1 unspecified atom stereocenters. The third-order valence-corrected chi connectivity index (χ3v) is 3.71. The molecule has 2 nitrogen and oxygen atoms in total. The first-order valence-electron chi connectivity index (χ1n) is 7.06. The molecule has 1 aromatic rings. The smallest absolute Gasteiger partial charge is 0.227 e. The summed E-state index contributed by atoms with van der Waals surface area (Å²) in [7, 11) is 0. The molecular formula is C16H25N2+. The van der Waals surface area contributed by atoms with Crippen molar-refractivity contribution in [3.8, 4) is 0 Å². The average molecular weight is 245 g/mol. The molecule has 0 amide bonds. The molecule has 0 aromatic carbocycles. The number of pyridine rings is 1. The van der Waals surface area contributed by atoms with Gasteiger partial charge < -0.3 is 0 Å². The maximum Gasteiger partial charge on any atom is 0.227 e. The molecule has 2 rings (SSSR count). The Bertz CT molecular complexity index is 470. The minimum absolute atomic E-state index is 0.459. The SMILES string of the molecule is CC(C)c1ccc2c(n1)C(C(C)C)C=[N+]2C(C)C. The van der Waals surface area contributed by atoms with Crippen molar-refractivity contribution >= 4 is 11.9 Å². The van der Waals surface area contributed by atoms with Gasteiger partial charge in [0.25, 0.3) is 0 Å². The summed E-state index contributed by atoms with van der Waals surface area (Å²) >= 11 is 0. The van der Waals surface area contributed by atoms with Gasteiger partial charge in [0.1, 0.15) is 5.69 Å². The van der Waals surface area contributed by atoms with Crippen LogP contribution in [0.4, 0.5) is 5.69 Å². The monoisotopic (exact) mass is 245 g/mol. The summed E-state index contributed by atoms with van der Waals surface area (Å²) in [5, 5.41) is 0. The van der Waals surface area contributed by atoms with Gasteiger partial charge in [0.2, 0.25) is 5.69 Å². The molecule has 1 aliphatic heterocycles. The molecule has 0 spiro atoms. The summed E-state index contributed by atoms with van der Waals surface area (Å²) < 4.78 is 2.37. The Labute approximate surface area is 111 Å². The highest BCUT2D eigenvalue weighted by molar-refractivity contribution is 5.71. The van der Waals surface area contributed by atoms with E-state index in [4.69, 9.17) is 4.98 Å². The first-order valence-corrected chi connectivity index (χ1v) is 7.06. The summed E-state index contributed by atoms with van der Waals surface area (Å²) in [6.45, 7) is 13.4. The van der Waals surface area contributed by atoms with E-state index in [9.17, 15) is 0 Å². The van der Waals surface area contributed by atoms with E-state index in [1.807, 2.05) is 0 Å². The van der Waals surface area contributed by atoms with E-state index in [0.29, 0.717) is 23.8 Å². The van der Waals surface area contributed by atoms with Crippen LogP contribution in [0.1, 0.15) is 64.8 Å². The zero-order valence-corrected chi connectivity index (χ0v) is 12.4. The summed E-state index contributed by atoms with van der Waals surface area (Å²) in [5.41, 5.74) is 3.77. The summed E-state index contributed by atoms with van der Waals surface area (Å²) in [4.78, 5) is 4.92. The number of rotatable bonds is 3. The fourth-order valence-electron chi connectivity index (χ4n) is 2.53. The Kier molecular flexibility index (Phi) is 3.56. The quantitative estimate of drug-likeness (QED) is 0.733. The van der Waals surface area contributed by atoms with Gasteiger partial charge in [-0.2, -0.15) is 4.58 Å². The average Bonchev–Trinajstić information content (AvgIpc) is 2.67. The Morgan fingerprint density at radius 1 is 1.06 bits per heavy atom. The lowest BCUT2D eigenvalue weighted by Gasteiger charge is -2.11. The molecule has 2 heteroatoms. The molecule has 0 radical (unpaired) electrons. The third-order valence-electron chi connectivity index (χ3n) is 3.71. The van der Waals surface area contributed by atoms with Crippen LogP contribution in [0.2, 0.25) is 0 Å².